The Morgan fingerprint density at radius 1 is 1.50 bits per heavy atom. The predicted molar refractivity (Wildman–Crippen MR) is 53.3 cm³/mol. The first kappa shape index (κ1) is 9.73. The van der Waals surface area contributed by atoms with Gasteiger partial charge >= 0.3 is 0 Å². The number of hydrogen-bond acceptors (Lipinski definition) is 5. The van der Waals surface area contributed by atoms with Gasteiger partial charge in [0.2, 0.25) is 0 Å². The fourth-order valence-electron chi connectivity index (χ4n) is 2.01. The summed E-state index contributed by atoms with van der Waals surface area (Å²) < 4.78 is 5.18. The molecule has 0 bridgehead atoms. The molecule has 5 heteroatoms. The van der Waals surface area contributed by atoms with Gasteiger partial charge in [-0.3, -0.25) is 4.99 Å². The fourth-order valence-corrected chi connectivity index (χ4v) is 2.01. The normalized spacial score (nSPS) is 32.6. The van der Waals surface area contributed by atoms with E-state index in [9.17, 15) is 5.11 Å². The molecule has 0 spiro atoms. The summed E-state index contributed by atoms with van der Waals surface area (Å²) in [4.78, 5) is 8.61. The summed E-state index contributed by atoms with van der Waals surface area (Å²) >= 11 is 0. The summed E-state index contributed by atoms with van der Waals surface area (Å²) in [6, 6.07) is 0. The van der Waals surface area contributed by atoms with Crippen molar-refractivity contribution in [1.82, 2.24) is 9.80 Å². The zero-order valence-corrected chi connectivity index (χ0v) is 8.68. The lowest BCUT2D eigenvalue weighted by molar-refractivity contribution is 0.0216. The molecule has 1 N–H and O–H groups in total. The van der Waals surface area contributed by atoms with Crippen LogP contribution >= 0.6 is 0 Å². The van der Waals surface area contributed by atoms with Crippen molar-refractivity contribution in [3.63, 3.8) is 0 Å². The summed E-state index contributed by atoms with van der Waals surface area (Å²) in [6.07, 6.45) is -0.469. The summed E-state index contributed by atoms with van der Waals surface area (Å²) in [5.41, 5.74) is 0. The number of methoxy groups -OCH3 is 1. The molecule has 2 atom stereocenters. The third kappa shape index (κ3) is 1.57. The van der Waals surface area contributed by atoms with Gasteiger partial charge in [-0.2, -0.15) is 0 Å². The molecule has 1 fully saturated rings. The Hall–Kier alpha value is -0.810. The van der Waals surface area contributed by atoms with Crippen LogP contribution in [0.25, 0.3) is 0 Å². The lowest BCUT2D eigenvalue weighted by atomic mass is 10.3. The third-order valence-corrected chi connectivity index (χ3v) is 2.85. The second kappa shape index (κ2) is 3.74. The molecule has 80 valence electrons. The van der Waals surface area contributed by atoms with Crippen molar-refractivity contribution in [3.05, 3.63) is 0 Å². The van der Waals surface area contributed by atoms with Gasteiger partial charge in [0.25, 0.3) is 0 Å². The van der Waals surface area contributed by atoms with Crippen LogP contribution in [0, 0.1) is 0 Å². The van der Waals surface area contributed by atoms with Gasteiger partial charge in [-0.15, -0.1) is 0 Å². The molecule has 2 rings (SSSR count). The minimum atomic E-state index is -0.392. The minimum Gasteiger partial charge on any atom is -0.388 e. The van der Waals surface area contributed by atoms with Gasteiger partial charge in [0.1, 0.15) is 6.10 Å². The highest BCUT2D eigenvalue weighted by Gasteiger charge is 2.34. The van der Waals surface area contributed by atoms with Crippen molar-refractivity contribution in [1.29, 1.82) is 0 Å². The SMILES string of the molecule is CO[C@@H]1CN(C2=NCCN2C)C[C@H]1O. The van der Waals surface area contributed by atoms with Gasteiger partial charge in [0.05, 0.1) is 12.6 Å². The highest BCUT2D eigenvalue weighted by molar-refractivity contribution is 5.81. The molecule has 0 aromatic heterocycles. The van der Waals surface area contributed by atoms with Crippen LogP contribution in [0.2, 0.25) is 0 Å². The maximum Gasteiger partial charge on any atom is 0.196 e. The molecule has 1 saturated heterocycles. The monoisotopic (exact) mass is 199 g/mol. The van der Waals surface area contributed by atoms with E-state index in [0.717, 1.165) is 25.6 Å². The van der Waals surface area contributed by atoms with Gasteiger partial charge in [0.15, 0.2) is 5.96 Å². The molecule has 2 aliphatic heterocycles. The zero-order valence-electron chi connectivity index (χ0n) is 8.68. The number of aliphatic imine (C=N–C) groups is 1. The number of hydrogen-bond donors (Lipinski definition) is 1. The molecular weight excluding hydrogens is 182 g/mol. The van der Waals surface area contributed by atoms with Crippen LogP contribution in [0.15, 0.2) is 4.99 Å². The van der Waals surface area contributed by atoms with Crippen LogP contribution in [-0.4, -0.2) is 73.4 Å². The molecule has 0 aliphatic carbocycles. The van der Waals surface area contributed by atoms with Crippen molar-refractivity contribution in [3.8, 4) is 0 Å². The van der Waals surface area contributed by atoms with E-state index in [-0.39, 0.29) is 6.10 Å². The minimum absolute atomic E-state index is 0.0771. The maximum absolute atomic E-state index is 9.67. The van der Waals surface area contributed by atoms with Crippen LogP contribution in [0.4, 0.5) is 0 Å². The molecule has 5 nitrogen and oxygen atoms in total. The molecular formula is C9H17N3O2. The molecule has 0 unspecified atom stereocenters. The maximum atomic E-state index is 9.67. The van der Waals surface area contributed by atoms with Crippen molar-refractivity contribution in [2.45, 2.75) is 12.2 Å². The number of nitrogens with zero attached hydrogens (tertiary/aromatic N) is 3. The molecule has 2 heterocycles. The number of rotatable bonds is 1. The van der Waals surface area contributed by atoms with Crippen molar-refractivity contribution >= 4 is 5.96 Å². The Bertz CT molecular complexity index is 244. The largest absolute Gasteiger partial charge is 0.388 e. The highest BCUT2D eigenvalue weighted by Crippen LogP contribution is 2.16. The molecule has 0 radical (unpaired) electrons. The highest BCUT2D eigenvalue weighted by atomic mass is 16.5. The lowest BCUT2D eigenvalue weighted by Crippen LogP contribution is -2.39. The third-order valence-electron chi connectivity index (χ3n) is 2.85. The van der Waals surface area contributed by atoms with E-state index in [1.807, 2.05) is 7.05 Å². The van der Waals surface area contributed by atoms with Gasteiger partial charge in [0, 0.05) is 33.8 Å². The first-order valence-electron chi connectivity index (χ1n) is 4.93. The predicted octanol–water partition coefficient (Wildman–Crippen LogP) is -1.02. The fraction of sp³-hybridized carbons (Fsp3) is 0.889. The van der Waals surface area contributed by atoms with Gasteiger partial charge < -0.3 is 19.6 Å². The quantitative estimate of drug-likeness (QED) is 0.587. The molecule has 0 amide bonds. The Kier molecular flexibility index (Phi) is 2.60. The van der Waals surface area contributed by atoms with Crippen LogP contribution in [0.1, 0.15) is 0 Å². The number of aliphatic hydroxyl groups is 1. The van der Waals surface area contributed by atoms with Crippen molar-refractivity contribution in [2.24, 2.45) is 4.99 Å². The summed E-state index contributed by atoms with van der Waals surface area (Å²) in [7, 11) is 3.66. The first-order valence-corrected chi connectivity index (χ1v) is 4.93. The second-order valence-electron chi connectivity index (χ2n) is 3.85. The number of guanidine groups is 1. The topological polar surface area (TPSA) is 48.3 Å². The van der Waals surface area contributed by atoms with Crippen molar-refractivity contribution < 1.29 is 9.84 Å². The van der Waals surface area contributed by atoms with Gasteiger partial charge in [-0.05, 0) is 0 Å². The van der Waals surface area contributed by atoms with E-state index in [1.54, 1.807) is 7.11 Å². The van der Waals surface area contributed by atoms with E-state index >= 15 is 0 Å². The number of likely N-dealkylation sites (tertiary alicyclic amines) is 1. The molecule has 0 aromatic carbocycles. The number of ether oxygens (including phenoxy) is 1. The Labute approximate surface area is 84.0 Å². The van der Waals surface area contributed by atoms with E-state index in [1.165, 1.54) is 0 Å². The molecule has 14 heavy (non-hydrogen) atoms. The van der Waals surface area contributed by atoms with Crippen molar-refractivity contribution in [2.75, 3.05) is 40.3 Å². The van der Waals surface area contributed by atoms with E-state index in [2.05, 4.69) is 14.8 Å². The molecule has 2 aliphatic rings. The number of aliphatic hydroxyl groups excluding tert-OH is 1. The second-order valence-corrected chi connectivity index (χ2v) is 3.85. The van der Waals surface area contributed by atoms with E-state index in [4.69, 9.17) is 4.74 Å². The van der Waals surface area contributed by atoms with Crippen LogP contribution < -0.4 is 0 Å². The average Bonchev–Trinajstić information content (AvgIpc) is 2.71. The zero-order chi connectivity index (χ0) is 10.1. The van der Waals surface area contributed by atoms with Crippen LogP contribution in [0.3, 0.4) is 0 Å². The standard InChI is InChI=1S/C9H17N3O2/c1-11-4-3-10-9(11)12-5-7(13)8(6-12)14-2/h7-8,13H,3-6H2,1-2H3/t7-,8-/m1/s1. The van der Waals surface area contributed by atoms with E-state index < -0.39 is 6.10 Å². The Balaban J connectivity index is 2.01. The Morgan fingerprint density at radius 3 is 2.79 bits per heavy atom. The van der Waals surface area contributed by atoms with E-state index in [0.29, 0.717) is 6.54 Å². The summed E-state index contributed by atoms with van der Waals surface area (Å²) in [6.45, 7) is 3.19. The van der Waals surface area contributed by atoms with Crippen LogP contribution in [0.5, 0.6) is 0 Å². The summed E-state index contributed by atoms with van der Waals surface area (Å²) in [5.74, 6) is 0.989. The van der Waals surface area contributed by atoms with Gasteiger partial charge in [-0.25, -0.2) is 0 Å². The number of β-amino-alcohol motifs (C(OH)–C–C–N with tert-alkyl or cyclic N) is 1. The molecule has 0 aromatic rings. The molecule has 0 saturated carbocycles. The smallest absolute Gasteiger partial charge is 0.196 e. The average molecular weight is 199 g/mol. The van der Waals surface area contributed by atoms with Crippen LogP contribution in [-0.2, 0) is 4.74 Å². The first-order chi connectivity index (χ1) is 6.72. The summed E-state index contributed by atoms with van der Waals surface area (Å²) in [5, 5.41) is 9.67. The Morgan fingerprint density at radius 2 is 2.29 bits per heavy atom. The lowest BCUT2D eigenvalue weighted by Gasteiger charge is -2.23. The van der Waals surface area contributed by atoms with Gasteiger partial charge in [-0.1, -0.05) is 0 Å². The number of likely N-dealkylation sites (N-methyl/N-ethyl adjacent to an activating group) is 1.